The molecule has 2 aliphatic rings. The van der Waals surface area contributed by atoms with Crippen molar-refractivity contribution < 1.29 is 14.9 Å². The Balaban J connectivity index is 2.28. The number of aliphatic hydroxyl groups is 1. The first-order valence-electron chi connectivity index (χ1n) is 9.25. The summed E-state index contributed by atoms with van der Waals surface area (Å²) in [6.07, 6.45) is 3.66. The molecule has 0 amide bonds. The predicted octanol–water partition coefficient (Wildman–Crippen LogP) is 5.05. The number of methoxy groups -OCH3 is 1. The van der Waals surface area contributed by atoms with Gasteiger partial charge in [0, 0.05) is 16.5 Å². The highest BCUT2D eigenvalue weighted by atomic mass is 16.5. The van der Waals surface area contributed by atoms with Crippen molar-refractivity contribution >= 4 is 0 Å². The lowest BCUT2D eigenvalue weighted by Crippen LogP contribution is -2.48. The van der Waals surface area contributed by atoms with E-state index in [4.69, 9.17) is 4.74 Å². The van der Waals surface area contributed by atoms with E-state index in [1.807, 2.05) is 0 Å². The Morgan fingerprint density at radius 2 is 1.88 bits per heavy atom. The number of fused-ring (bicyclic) bond motifs is 3. The maximum Gasteiger partial charge on any atom is 0.164 e. The SMILES string of the molecule is COc1c(C(C)C)cc2c(c1O)[C@@]1(C)CCCC(C)(C)[C@@H]1C[C@H]2O. The summed E-state index contributed by atoms with van der Waals surface area (Å²) in [6.45, 7) is 11.1. The van der Waals surface area contributed by atoms with Crippen molar-refractivity contribution in [3.05, 3.63) is 22.8 Å². The Kier molecular flexibility index (Phi) is 4.15. The summed E-state index contributed by atoms with van der Waals surface area (Å²) < 4.78 is 5.58. The smallest absolute Gasteiger partial charge is 0.164 e. The maximum atomic E-state index is 11.1. The van der Waals surface area contributed by atoms with E-state index in [2.05, 4.69) is 40.7 Å². The van der Waals surface area contributed by atoms with Crippen LogP contribution in [0.1, 0.15) is 89.0 Å². The molecule has 0 unspecified atom stereocenters. The molecule has 3 atom stereocenters. The molecule has 0 radical (unpaired) electrons. The van der Waals surface area contributed by atoms with Crippen LogP contribution in [0.5, 0.6) is 11.5 Å². The quantitative estimate of drug-likeness (QED) is 0.797. The number of benzene rings is 1. The Morgan fingerprint density at radius 1 is 1.21 bits per heavy atom. The highest BCUT2D eigenvalue weighted by molar-refractivity contribution is 5.60. The summed E-state index contributed by atoms with van der Waals surface area (Å²) in [6, 6.07) is 2.08. The molecule has 1 aromatic rings. The van der Waals surface area contributed by atoms with Crippen molar-refractivity contribution in [3.63, 3.8) is 0 Å². The first-order valence-corrected chi connectivity index (χ1v) is 9.25. The molecule has 2 N–H and O–H groups in total. The predicted molar refractivity (Wildman–Crippen MR) is 96.8 cm³/mol. The van der Waals surface area contributed by atoms with Crippen LogP contribution in [0.3, 0.4) is 0 Å². The normalized spacial score (nSPS) is 31.5. The van der Waals surface area contributed by atoms with Crippen LogP contribution in [0.4, 0.5) is 0 Å². The van der Waals surface area contributed by atoms with Crippen LogP contribution < -0.4 is 4.74 Å². The number of rotatable bonds is 2. The van der Waals surface area contributed by atoms with E-state index < -0.39 is 6.10 Å². The van der Waals surface area contributed by atoms with Crippen molar-refractivity contribution in [2.24, 2.45) is 11.3 Å². The number of phenols is 1. The fourth-order valence-electron chi connectivity index (χ4n) is 5.55. The highest BCUT2D eigenvalue weighted by Gasteiger charge is 2.53. The van der Waals surface area contributed by atoms with Gasteiger partial charge in [-0.2, -0.15) is 0 Å². The van der Waals surface area contributed by atoms with Gasteiger partial charge >= 0.3 is 0 Å². The fourth-order valence-corrected chi connectivity index (χ4v) is 5.55. The second-order valence-corrected chi connectivity index (χ2v) is 9.03. The van der Waals surface area contributed by atoms with Gasteiger partial charge in [0.15, 0.2) is 11.5 Å². The third kappa shape index (κ3) is 2.35. The van der Waals surface area contributed by atoms with E-state index in [1.165, 1.54) is 6.42 Å². The van der Waals surface area contributed by atoms with Crippen molar-refractivity contribution in [1.29, 1.82) is 0 Å². The molecule has 0 aromatic heterocycles. The molecule has 0 aliphatic heterocycles. The summed E-state index contributed by atoms with van der Waals surface area (Å²) in [7, 11) is 1.62. The van der Waals surface area contributed by atoms with Gasteiger partial charge in [0.05, 0.1) is 13.2 Å². The lowest BCUT2D eigenvalue weighted by Gasteiger charge is -2.55. The van der Waals surface area contributed by atoms with E-state index in [0.717, 1.165) is 36.0 Å². The molecule has 1 fully saturated rings. The zero-order valence-corrected chi connectivity index (χ0v) is 15.9. The monoisotopic (exact) mass is 332 g/mol. The van der Waals surface area contributed by atoms with E-state index in [9.17, 15) is 10.2 Å². The molecule has 0 saturated heterocycles. The number of hydrogen-bond donors (Lipinski definition) is 2. The molecule has 0 bridgehead atoms. The zero-order chi connectivity index (χ0) is 17.9. The van der Waals surface area contributed by atoms with Crippen LogP contribution in [-0.4, -0.2) is 17.3 Å². The molecule has 0 spiro atoms. The van der Waals surface area contributed by atoms with Gasteiger partial charge in [-0.1, -0.05) is 41.0 Å². The van der Waals surface area contributed by atoms with Gasteiger partial charge in [-0.3, -0.25) is 0 Å². The molecule has 1 aromatic carbocycles. The second kappa shape index (κ2) is 5.66. The number of phenolic OH excluding ortho intramolecular Hbond substituents is 1. The Bertz CT molecular complexity index is 647. The lowest BCUT2D eigenvalue weighted by atomic mass is 9.49. The van der Waals surface area contributed by atoms with Crippen LogP contribution in [0.2, 0.25) is 0 Å². The molecule has 0 heterocycles. The molecule has 3 rings (SSSR count). The van der Waals surface area contributed by atoms with Crippen LogP contribution in [-0.2, 0) is 5.41 Å². The summed E-state index contributed by atoms with van der Waals surface area (Å²) in [5, 5.41) is 22.0. The van der Waals surface area contributed by atoms with Crippen molar-refractivity contribution in [2.75, 3.05) is 7.11 Å². The average molecular weight is 332 g/mol. The fraction of sp³-hybridized carbons (Fsp3) is 0.714. The van der Waals surface area contributed by atoms with Crippen LogP contribution >= 0.6 is 0 Å². The summed E-state index contributed by atoms with van der Waals surface area (Å²) in [5.74, 6) is 1.43. The van der Waals surface area contributed by atoms with E-state index in [0.29, 0.717) is 11.7 Å². The third-order valence-electron chi connectivity index (χ3n) is 6.76. The topological polar surface area (TPSA) is 49.7 Å². The summed E-state index contributed by atoms with van der Waals surface area (Å²) >= 11 is 0. The summed E-state index contributed by atoms with van der Waals surface area (Å²) in [5.41, 5.74) is 2.88. The molecule has 3 nitrogen and oxygen atoms in total. The number of hydrogen-bond acceptors (Lipinski definition) is 3. The number of aliphatic hydroxyl groups excluding tert-OH is 1. The largest absolute Gasteiger partial charge is 0.504 e. The highest BCUT2D eigenvalue weighted by Crippen LogP contribution is 2.62. The van der Waals surface area contributed by atoms with Crippen molar-refractivity contribution in [1.82, 2.24) is 0 Å². The van der Waals surface area contributed by atoms with Gasteiger partial charge in [0.25, 0.3) is 0 Å². The van der Waals surface area contributed by atoms with Crippen LogP contribution in [0.15, 0.2) is 6.07 Å². The zero-order valence-electron chi connectivity index (χ0n) is 15.9. The molecule has 2 aliphatic carbocycles. The molecule has 24 heavy (non-hydrogen) atoms. The van der Waals surface area contributed by atoms with Crippen molar-refractivity contribution in [2.45, 2.75) is 77.7 Å². The van der Waals surface area contributed by atoms with E-state index in [1.54, 1.807) is 7.11 Å². The molecular weight excluding hydrogens is 300 g/mol. The van der Waals surface area contributed by atoms with Gasteiger partial charge in [0.1, 0.15) is 0 Å². The standard InChI is InChI=1S/C21H32O3/c1-12(2)13-10-14-15(22)11-16-20(3,4)8-7-9-21(16,5)17(14)18(23)19(13)24-6/h10,12,15-16,22-23H,7-9,11H2,1-6H3/t15-,16+,21+/m1/s1. The van der Waals surface area contributed by atoms with Gasteiger partial charge in [0.2, 0.25) is 0 Å². The molecular formula is C21H32O3. The first kappa shape index (κ1) is 17.6. The lowest BCUT2D eigenvalue weighted by molar-refractivity contribution is -0.00817. The van der Waals surface area contributed by atoms with E-state index in [-0.39, 0.29) is 22.5 Å². The van der Waals surface area contributed by atoms with Gasteiger partial charge < -0.3 is 14.9 Å². The van der Waals surface area contributed by atoms with Crippen LogP contribution in [0.25, 0.3) is 0 Å². The van der Waals surface area contributed by atoms with Gasteiger partial charge in [-0.25, -0.2) is 0 Å². The molecule has 3 heteroatoms. The Labute approximate surface area is 146 Å². The number of aromatic hydroxyl groups is 1. The molecule has 1 saturated carbocycles. The maximum absolute atomic E-state index is 11.1. The average Bonchev–Trinajstić information content (AvgIpc) is 2.48. The Hall–Kier alpha value is -1.22. The summed E-state index contributed by atoms with van der Waals surface area (Å²) in [4.78, 5) is 0. The minimum Gasteiger partial charge on any atom is -0.504 e. The Morgan fingerprint density at radius 3 is 2.46 bits per heavy atom. The van der Waals surface area contributed by atoms with Gasteiger partial charge in [-0.15, -0.1) is 0 Å². The minimum absolute atomic E-state index is 0.108. The van der Waals surface area contributed by atoms with Gasteiger partial charge in [-0.05, 0) is 48.1 Å². The third-order valence-corrected chi connectivity index (χ3v) is 6.76. The number of ether oxygens (including phenoxy) is 1. The minimum atomic E-state index is -0.509. The van der Waals surface area contributed by atoms with Crippen molar-refractivity contribution in [3.8, 4) is 11.5 Å². The molecule has 134 valence electrons. The second-order valence-electron chi connectivity index (χ2n) is 9.03. The first-order chi connectivity index (χ1) is 11.1. The van der Waals surface area contributed by atoms with Crippen LogP contribution in [0, 0.1) is 11.3 Å². The van der Waals surface area contributed by atoms with E-state index >= 15 is 0 Å².